The summed E-state index contributed by atoms with van der Waals surface area (Å²) in [6, 6.07) is 6.02. The Balaban J connectivity index is 2.20. The molecule has 0 amide bonds. The highest BCUT2D eigenvalue weighted by atomic mass is 79.9. The predicted molar refractivity (Wildman–Crippen MR) is 79.4 cm³/mol. The summed E-state index contributed by atoms with van der Waals surface area (Å²) in [7, 11) is 0. The van der Waals surface area contributed by atoms with Gasteiger partial charge in [0.05, 0.1) is 22.8 Å². The molecule has 0 aromatic carbocycles. The Morgan fingerprint density at radius 1 is 1.26 bits per heavy atom. The molecule has 0 radical (unpaired) electrons. The highest BCUT2D eigenvalue weighted by molar-refractivity contribution is 9.10. The highest BCUT2D eigenvalue weighted by Gasteiger charge is 2.09. The lowest BCUT2D eigenvalue weighted by Crippen LogP contribution is -2.20. The summed E-state index contributed by atoms with van der Waals surface area (Å²) in [4.78, 5) is 11.9. The van der Waals surface area contributed by atoms with E-state index in [1.807, 2.05) is 23.0 Å². The van der Waals surface area contributed by atoms with E-state index in [0.717, 1.165) is 18.5 Å². The fourth-order valence-corrected chi connectivity index (χ4v) is 2.51. The average Bonchev–Trinajstić information content (AvgIpc) is 2.85. The van der Waals surface area contributed by atoms with Crippen LogP contribution in [0.2, 0.25) is 0 Å². The van der Waals surface area contributed by atoms with E-state index in [1.54, 1.807) is 16.8 Å². The van der Waals surface area contributed by atoms with Crippen molar-refractivity contribution in [1.82, 2.24) is 14.3 Å². The van der Waals surface area contributed by atoms with Gasteiger partial charge in [0.25, 0.3) is 5.56 Å². The van der Waals surface area contributed by atoms with E-state index in [4.69, 9.17) is 0 Å². The van der Waals surface area contributed by atoms with Crippen molar-refractivity contribution in [2.75, 3.05) is 0 Å². The Morgan fingerprint density at radius 3 is 2.68 bits per heavy atom. The molecule has 2 aromatic heterocycles. The zero-order chi connectivity index (χ0) is 13.8. The SMILES string of the molecule is CCC(CC)n1ccc(Cn2cccc(Br)c2=O)n1. The molecule has 2 heterocycles. The van der Waals surface area contributed by atoms with E-state index in [0.29, 0.717) is 17.1 Å². The van der Waals surface area contributed by atoms with Crippen LogP contribution in [-0.4, -0.2) is 14.3 Å². The van der Waals surface area contributed by atoms with Crippen LogP contribution in [0.1, 0.15) is 38.4 Å². The first-order chi connectivity index (χ1) is 9.15. The first kappa shape index (κ1) is 14.1. The van der Waals surface area contributed by atoms with Gasteiger partial charge in [0.2, 0.25) is 0 Å². The molecule has 0 aliphatic rings. The van der Waals surface area contributed by atoms with Crippen LogP contribution in [0, 0.1) is 0 Å². The second-order valence-corrected chi connectivity index (χ2v) is 5.40. The molecule has 0 bridgehead atoms. The summed E-state index contributed by atoms with van der Waals surface area (Å²) in [5.41, 5.74) is 0.881. The van der Waals surface area contributed by atoms with Gasteiger partial charge in [0.1, 0.15) is 0 Å². The molecule has 2 rings (SSSR count). The molecule has 0 aliphatic heterocycles. The lowest BCUT2D eigenvalue weighted by Gasteiger charge is -2.12. The maximum absolute atomic E-state index is 11.9. The molecule has 102 valence electrons. The van der Waals surface area contributed by atoms with E-state index in [-0.39, 0.29) is 5.56 Å². The molecule has 2 aromatic rings. The average molecular weight is 324 g/mol. The minimum absolute atomic E-state index is 0.0282. The van der Waals surface area contributed by atoms with Gasteiger partial charge in [0, 0.05) is 12.4 Å². The zero-order valence-corrected chi connectivity index (χ0v) is 12.8. The summed E-state index contributed by atoms with van der Waals surface area (Å²) in [6.45, 7) is 4.83. The lowest BCUT2D eigenvalue weighted by molar-refractivity contribution is 0.424. The third-order valence-electron chi connectivity index (χ3n) is 3.29. The molecule has 0 aliphatic carbocycles. The van der Waals surface area contributed by atoms with Gasteiger partial charge in [-0.3, -0.25) is 9.48 Å². The summed E-state index contributed by atoms with van der Waals surface area (Å²) >= 11 is 3.25. The van der Waals surface area contributed by atoms with Crippen LogP contribution in [0.25, 0.3) is 0 Å². The summed E-state index contributed by atoms with van der Waals surface area (Å²) in [5, 5.41) is 4.56. The summed E-state index contributed by atoms with van der Waals surface area (Å²) in [6.07, 6.45) is 5.90. The van der Waals surface area contributed by atoms with Gasteiger partial charge in [-0.1, -0.05) is 13.8 Å². The standard InChI is InChI=1S/C14H18BrN3O/c1-3-12(4-2)18-9-7-11(16-18)10-17-8-5-6-13(15)14(17)19/h5-9,12H,3-4,10H2,1-2H3. The van der Waals surface area contributed by atoms with Gasteiger partial charge in [0.15, 0.2) is 0 Å². The molecule has 0 N–H and O–H groups in total. The van der Waals surface area contributed by atoms with Crippen molar-refractivity contribution in [3.8, 4) is 0 Å². The van der Waals surface area contributed by atoms with Crippen LogP contribution in [0.4, 0.5) is 0 Å². The normalized spacial score (nSPS) is 11.2. The van der Waals surface area contributed by atoms with Crippen molar-refractivity contribution in [1.29, 1.82) is 0 Å². The largest absolute Gasteiger partial charge is 0.308 e. The maximum atomic E-state index is 11.9. The van der Waals surface area contributed by atoms with Gasteiger partial charge in [-0.05, 0) is 47.0 Å². The fraction of sp³-hybridized carbons (Fsp3) is 0.429. The molecule has 0 atom stereocenters. The van der Waals surface area contributed by atoms with Gasteiger partial charge in [-0.2, -0.15) is 5.10 Å². The predicted octanol–water partition coefficient (Wildman–Crippen LogP) is 3.22. The molecule has 0 spiro atoms. The quantitative estimate of drug-likeness (QED) is 0.847. The van der Waals surface area contributed by atoms with Crippen molar-refractivity contribution in [2.45, 2.75) is 39.3 Å². The van der Waals surface area contributed by atoms with Gasteiger partial charge >= 0.3 is 0 Å². The summed E-state index contributed by atoms with van der Waals surface area (Å²) < 4.78 is 4.23. The third kappa shape index (κ3) is 3.15. The molecule has 0 fully saturated rings. The monoisotopic (exact) mass is 323 g/mol. The third-order valence-corrected chi connectivity index (χ3v) is 3.89. The smallest absolute Gasteiger partial charge is 0.265 e. The number of rotatable bonds is 5. The van der Waals surface area contributed by atoms with Crippen LogP contribution >= 0.6 is 15.9 Å². The number of hydrogen-bond acceptors (Lipinski definition) is 2. The van der Waals surface area contributed by atoms with E-state index >= 15 is 0 Å². The number of pyridine rings is 1. The van der Waals surface area contributed by atoms with Crippen molar-refractivity contribution < 1.29 is 0 Å². The first-order valence-electron chi connectivity index (χ1n) is 6.54. The first-order valence-corrected chi connectivity index (χ1v) is 7.34. The van der Waals surface area contributed by atoms with Crippen LogP contribution in [0.3, 0.4) is 0 Å². The minimum atomic E-state index is -0.0282. The molecule has 4 nitrogen and oxygen atoms in total. The van der Waals surface area contributed by atoms with Crippen molar-refractivity contribution >= 4 is 15.9 Å². The highest BCUT2D eigenvalue weighted by Crippen LogP contribution is 2.14. The molecule has 5 heteroatoms. The van der Waals surface area contributed by atoms with Crippen LogP contribution in [0.5, 0.6) is 0 Å². The maximum Gasteiger partial charge on any atom is 0.265 e. The van der Waals surface area contributed by atoms with Gasteiger partial charge in [-0.25, -0.2) is 0 Å². The minimum Gasteiger partial charge on any atom is -0.308 e. The fourth-order valence-electron chi connectivity index (χ4n) is 2.13. The Kier molecular flexibility index (Phi) is 4.58. The van der Waals surface area contributed by atoms with E-state index < -0.39 is 0 Å². The Labute approximate surface area is 121 Å². The van der Waals surface area contributed by atoms with Crippen molar-refractivity contribution in [3.63, 3.8) is 0 Å². The van der Waals surface area contributed by atoms with Crippen LogP contribution in [-0.2, 0) is 6.54 Å². The molecule has 0 unspecified atom stereocenters. The lowest BCUT2D eigenvalue weighted by atomic mass is 10.2. The van der Waals surface area contributed by atoms with Crippen LogP contribution < -0.4 is 5.56 Å². The Bertz CT molecular complexity index is 599. The van der Waals surface area contributed by atoms with Crippen LogP contribution in [0.15, 0.2) is 39.9 Å². The number of halogens is 1. The van der Waals surface area contributed by atoms with E-state index in [9.17, 15) is 4.79 Å². The van der Waals surface area contributed by atoms with E-state index in [1.165, 1.54) is 0 Å². The van der Waals surface area contributed by atoms with Crippen molar-refractivity contribution in [3.05, 3.63) is 51.1 Å². The molecular formula is C14H18BrN3O. The number of aromatic nitrogens is 3. The topological polar surface area (TPSA) is 39.8 Å². The number of nitrogens with zero attached hydrogens (tertiary/aromatic N) is 3. The van der Waals surface area contributed by atoms with Crippen molar-refractivity contribution in [2.24, 2.45) is 0 Å². The second kappa shape index (κ2) is 6.19. The molecule has 0 saturated heterocycles. The summed E-state index contributed by atoms with van der Waals surface area (Å²) in [5.74, 6) is 0. The molecule has 19 heavy (non-hydrogen) atoms. The molecular weight excluding hydrogens is 306 g/mol. The Morgan fingerprint density at radius 2 is 2.00 bits per heavy atom. The van der Waals surface area contributed by atoms with Gasteiger partial charge < -0.3 is 4.57 Å². The second-order valence-electron chi connectivity index (χ2n) is 4.55. The Hall–Kier alpha value is -1.36. The zero-order valence-electron chi connectivity index (χ0n) is 11.2. The molecule has 0 saturated carbocycles. The number of hydrogen-bond donors (Lipinski definition) is 0. The van der Waals surface area contributed by atoms with E-state index in [2.05, 4.69) is 34.9 Å². The van der Waals surface area contributed by atoms with Gasteiger partial charge in [-0.15, -0.1) is 0 Å².